The minimum atomic E-state index is -0.214. The maximum absolute atomic E-state index is 12.8. The lowest BCUT2D eigenvalue weighted by molar-refractivity contribution is 0.331. The molecule has 1 aromatic heterocycles. The molecule has 1 aromatic carbocycles. The van der Waals surface area contributed by atoms with Gasteiger partial charge in [0.15, 0.2) is 0 Å². The van der Waals surface area contributed by atoms with Crippen LogP contribution in [0.5, 0.6) is 0 Å². The van der Waals surface area contributed by atoms with Crippen LogP contribution in [0.3, 0.4) is 0 Å². The summed E-state index contributed by atoms with van der Waals surface area (Å²) in [5.74, 6) is 1.39. The van der Waals surface area contributed by atoms with Crippen molar-refractivity contribution in [1.29, 1.82) is 0 Å². The van der Waals surface area contributed by atoms with Crippen LogP contribution in [0, 0.1) is 5.82 Å². The van der Waals surface area contributed by atoms with Crippen molar-refractivity contribution < 1.29 is 8.81 Å². The van der Waals surface area contributed by atoms with Crippen molar-refractivity contribution in [3.05, 3.63) is 53.5 Å². The second-order valence-electron chi connectivity index (χ2n) is 4.97. The first kappa shape index (κ1) is 12.4. The molecule has 0 spiro atoms. The van der Waals surface area contributed by atoms with E-state index in [2.05, 4.69) is 10.3 Å². The van der Waals surface area contributed by atoms with Crippen LogP contribution in [0.25, 0.3) is 0 Å². The fraction of sp³-hybridized carbons (Fsp3) is 0.400. The normalized spacial score (nSPS) is 19.5. The number of piperidine rings is 1. The topological polar surface area (TPSA) is 38.1 Å². The summed E-state index contributed by atoms with van der Waals surface area (Å²) in [4.78, 5) is 4.35. The van der Waals surface area contributed by atoms with Gasteiger partial charge in [0, 0.05) is 6.42 Å². The molecule has 0 radical (unpaired) electrons. The minimum Gasteiger partial charge on any atom is -0.444 e. The number of oxazole rings is 1. The summed E-state index contributed by atoms with van der Waals surface area (Å²) in [6.07, 6.45) is 5.94. The Kier molecular flexibility index (Phi) is 3.60. The van der Waals surface area contributed by atoms with Gasteiger partial charge in [0.1, 0.15) is 11.6 Å². The van der Waals surface area contributed by atoms with E-state index in [1.807, 2.05) is 0 Å². The molecule has 3 nitrogen and oxygen atoms in total. The highest BCUT2D eigenvalue weighted by Crippen LogP contribution is 2.23. The highest BCUT2D eigenvalue weighted by Gasteiger charge is 2.19. The maximum Gasteiger partial charge on any atom is 0.211 e. The van der Waals surface area contributed by atoms with E-state index < -0.39 is 0 Å². The van der Waals surface area contributed by atoms with Crippen LogP contribution in [0.4, 0.5) is 4.39 Å². The van der Waals surface area contributed by atoms with Gasteiger partial charge in [-0.05, 0) is 37.1 Å². The van der Waals surface area contributed by atoms with Crippen LogP contribution in [0.15, 0.2) is 34.9 Å². The zero-order valence-corrected chi connectivity index (χ0v) is 10.7. The molecule has 0 amide bonds. The van der Waals surface area contributed by atoms with E-state index in [1.54, 1.807) is 18.3 Å². The first-order valence-electron chi connectivity index (χ1n) is 6.74. The van der Waals surface area contributed by atoms with E-state index in [4.69, 9.17) is 4.42 Å². The van der Waals surface area contributed by atoms with Crippen LogP contribution in [0.1, 0.15) is 42.5 Å². The molecule has 1 N–H and O–H groups in total. The molecular weight excluding hydrogens is 243 g/mol. The van der Waals surface area contributed by atoms with Crippen LogP contribution in [-0.4, -0.2) is 11.5 Å². The molecule has 2 aromatic rings. The summed E-state index contributed by atoms with van der Waals surface area (Å²) < 4.78 is 18.6. The van der Waals surface area contributed by atoms with Gasteiger partial charge in [-0.2, -0.15) is 0 Å². The SMILES string of the molecule is Fc1ccc(Cc2cnc([C@H]3CCCCN3)o2)cc1. The van der Waals surface area contributed by atoms with Gasteiger partial charge in [-0.15, -0.1) is 0 Å². The summed E-state index contributed by atoms with van der Waals surface area (Å²) in [6.45, 7) is 1.03. The number of halogens is 1. The average Bonchev–Trinajstić information content (AvgIpc) is 2.91. The van der Waals surface area contributed by atoms with E-state index >= 15 is 0 Å². The molecule has 1 aliphatic rings. The molecule has 1 fully saturated rings. The summed E-state index contributed by atoms with van der Waals surface area (Å²) in [7, 11) is 0. The van der Waals surface area contributed by atoms with E-state index in [0.29, 0.717) is 6.42 Å². The zero-order valence-electron chi connectivity index (χ0n) is 10.7. The standard InChI is InChI=1S/C15H17FN2O/c16-12-6-4-11(5-7-12)9-13-10-18-15(19-13)14-3-1-2-8-17-14/h4-7,10,14,17H,1-3,8-9H2/t14-/m1/s1. The van der Waals surface area contributed by atoms with Crippen molar-refractivity contribution in [3.8, 4) is 0 Å². The first-order chi connectivity index (χ1) is 9.31. The Morgan fingerprint density at radius 3 is 2.84 bits per heavy atom. The number of hydrogen-bond acceptors (Lipinski definition) is 3. The minimum absolute atomic E-state index is 0.214. The number of hydrogen-bond donors (Lipinski definition) is 1. The Labute approximate surface area is 111 Å². The number of aromatic nitrogens is 1. The van der Waals surface area contributed by atoms with Crippen molar-refractivity contribution in [1.82, 2.24) is 10.3 Å². The predicted molar refractivity (Wildman–Crippen MR) is 70.3 cm³/mol. The maximum atomic E-state index is 12.8. The molecular formula is C15H17FN2O. The second kappa shape index (κ2) is 5.53. The molecule has 1 saturated heterocycles. The molecule has 100 valence electrons. The van der Waals surface area contributed by atoms with Crippen molar-refractivity contribution in [2.45, 2.75) is 31.7 Å². The van der Waals surface area contributed by atoms with Crippen molar-refractivity contribution in [3.63, 3.8) is 0 Å². The van der Waals surface area contributed by atoms with Gasteiger partial charge in [0.05, 0.1) is 12.2 Å². The largest absolute Gasteiger partial charge is 0.444 e. The van der Waals surface area contributed by atoms with Crippen LogP contribution >= 0.6 is 0 Å². The van der Waals surface area contributed by atoms with Gasteiger partial charge in [-0.3, -0.25) is 0 Å². The highest BCUT2D eigenvalue weighted by molar-refractivity contribution is 5.20. The molecule has 19 heavy (non-hydrogen) atoms. The molecule has 0 aliphatic carbocycles. The predicted octanol–water partition coefficient (Wildman–Crippen LogP) is 3.22. The molecule has 2 heterocycles. The lowest BCUT2D eigenvalue weighted by Crippen LogP contribution is -2.26. The van der Waals surface area contributed by atoms with Gasteiger partial charge >= 0.3 is 0 Å². The molecule has 0 saturated carbocycles. The quantitative estimate of drug-likeness (QED) is 0.920. The summed E-state index contributed by atoms with van der Waals surface area (Å²) in [5, 5.41) is 3.41. The van der Waals surface area contributed by atoms with Gasteiger partial charge in [0.2, 0.25) is 5.89 Å². The Bertz CT molecular complexity index is 529. The smallest absolute Gasteiger partial charge is 0.211 e. The molecule has 1 aliphatic heterocycles. The third-order valence-electron chi connectivity index (χ3n) is 3.47. The Hall–Kier alpha value is -1.68. The number of nitrogens with one attached hydrogen (secondary N) is 1. The van der Waals surface area contributed by atoms with E-state index in [1.165, 1.54) is 25.0 Å². The second-order valence-corrected chi connectivity index (χ2v) is 4.97. The Balaban J connectivity index is 1.68. The van der Waals surface area contributed by atoms with Crippen LogP contribution in [0.2, 0.25) is 0 Å². The summed E-state index contributed by atoms with van der Waals surface area (Å²) >= 11 is 0. The van der Waals surface area contributed by atoms with Crippen molar-refractivity contribution in [2.75, 3.05) is 6.54 Å². The lowest BCUT2D eigenvalue weighted by atomic mass is 10.1. The van der Waals surface area contributed by atoms with Crippen molar-refractivity contribution in [2.24, 2.45) is 0 Å². The summed E-state index contributed by atoms with van der Waals surface area (Å²) in [6, 6.07) is 6.73. The van der Waals surface area contributed by atoms with Crippen LogP contribution in [-0.2, 0) is 6.42 Å². The van der Waals surface area contributed by atoms with Gasteiger partial charge in [-0.1, -0.05) is 18.6 Å². The van der Waals surface area contributed by atoms with E-state index in [9.17, 15) is 4.39 Å². The van der Waals surface area contributed by atoms with Gasteiger partial charge < -0.3 is 9.73 Å². The highest BCUT2D eigenvalue weighted by atomic mass is 19.1. The monoisotopic (exact) mass is 260 g/mol. The fourth-order valence-electron chi connectivity index (χ4n) is 2.43. The lowest BCUT2D eigenvalue weighted by Gasteiger charge is -2.20. The zero-order chi connectivity index (χ0) is 13.1. The van der Waals surface area contributed by atoms with E-state index in [0.717, 1.165) is 30.2 Å². The van der Waals surface area contributed by atoms with Gasteiger partial charge in [-0.25, -0.2) is 9.37 Å². The molecule has 1 atom stereocenters. The third-order valence-corrected chi connectivity index (χ3v) is 3.47. The number of nitrogens with zero attached hydrogens (tertiary/aromatic N) is 1. The fourth-order valence-corrected chi connectivity index (χ4v) is 2.43. The number of rotatable bonds is 3. The average molecular weight is 260 g/mol. The summed E-state index contributed by atoms with van der Waals surface area (Å²) in [5.41, 5.74) is 1.03. The third kappa shape index (κ3) is 3.01. The van der Waals surface area contributed by atoms with Gasteiger partial charge in [0.25, 0.3) is 0 Å². The molecule has 4 heteroatoms. The molecule has 3 rings (SSSR count). The first-order valence-corrected chi connectivity index (χ1v) is 6.74. The van der Waals surface area contributed by atoms with Crippen LogP contribution < -0.4 is 5.32 Å². The number of benzene rings is 1. The molecule has 0 bridgehead atoms. The Morgan fingerprint density at radius 2 is 2.11 bits per heavy atom. The molecule has 0 unspecified atom stereocenters. The Morgan fingerprint density at radius 1 is 1.26 bits per heavy atom. The van der Waals surface area contributed by atoms with Crippen molar-refractivity contribution >= 4 is 0 Å². The van der Waals surface area contributed by atoms with E-state index in [-0.39, 0.29) is 11.9 Å².